The average molecular weight is 481 g/mol. The maximum Gasteiger partial charge on any atom is 0.140 e. The Morgan fingerprint density at radius 3 is 2.03 bits per heavy atom. The summed E-state index contributed by atoms with van der Waals surface area (Å²) in [5.41, 5.74) is 2.68. The second-order valence-electron chi connectivity index (χ2n) is 10.3. The molecule has 1 fully saturated rings. The number of aryl methyl sites for hydroxylation is 1. The summed E-state index contributed by atoms with van der Waals surface area (Å²) in [6, 6.07) is 13.1. The Morgan fingerprint density at radius 1 is 0.765 bits per heavy atom. The molecule has 1 aliphatic rings. The van der Waals surface area contributed by atoms with E-state index >= 15 is 0 Å². The highest BCUT2D eigenvalue weighted by molar-refractivity contribution is 6.30. The van der Waals surface area contributed by atoms with Crippen LogP contribution in [0.3, 0.4) is 0 Å². The second-order valence-corrected chi connectivity index (χ2v) is 10.7. The molecule has 34 heavy (non-hydrogen) atoms. The molecule has 0 bridgehead atoms. The summed E-state index contributed by atoms with van der Waals surface area (Å²) < 4.78 is 13.9. The highest BCUT2D eigenvalue weighted by atomic mass is 35.5. The molecule has 0 nitrogen and oxygen atoms in total. The molecule has 0 saturated heterocycles. The first-order valence-electron chi connectivity index (χ1n) is 13.7. The van der Waals surface area contributed by atoms with E-state index in [2.05, 4.69) is 43.0 Å². The molecular formula is C32H42ClF. The molecule has 3 rings (SSSR count). The predicted molar refractivity (Wildman–Crippen MR) is 145 cm³/mol. The van der Waals surface area contributed by atoms with Crippen LogP contribution in [0, 0.1) is 29.5 Å². The molecule has 0 unspecified atom stereocenters. The number of benzene rings is 2. The van der Waals surface area contributed by atoms with Crippen molar-refractivity contribution < 1.29 is 4.39 Å². The molecule has 2 aromatic carbocycles. The molecule has 2 aromatic rings. The van der Waals surface area contributed by atoms with Crippen molar-refractivity contribution in [1.29, 1.82) is 0 Å². The molecule has 0 aliphatic heterocycles. The second kappa shape index (κ2) is 15.3. The lowest BCUT2D eigenvalue weighted by atomic mass is 9.77. The van der Waals surface area contributed by atoms with Crippen LogP contribution in [-0.2, 0) is 6.42 Å². The minimum atomic E-state index is -0.371. The average Bonchev–Trinajstić information content (AvgIpc) is 2.85. The van der Waals surface area contributed by atoms with Crippen LogP contribution in [0.5, 0.6) is 0 Å². The maximum atomic E-state index is 13.9. The van der Waals surface area contributed by atoms with Gasteiger partial charge in [0.1, 0.15) is 5.82 Å². The van der Waals surface area contributed by atoms with Gasteiger partial charge in [-0.25, -0.2) is 4.39 Å². The van der Waals surface area contributed by atoms with Crippen LogP contribution in [0.2, 0.25) is 5.02 Å². The zero-order valence-electron chi connectivity index (χ0n) is 21.1. The van der Waals surface area contributed by atoms with Crippen molar-refractivity contribution in [3.63, 3.8) is 0 Å². The van der Waals surface area contributed by atoms with Gasteiger partial charge in [-0.1, -0.05) is 126 Å². The Kier molecular flexibility index (Phi) is 12.0. The lowest BCUT2D eigenvalue weighted by Crippen LogP contribution is -2.15. The van der Waals surface area contributed by atoms with Crippen molar-refractivity contribution >= 4 is 11.6 Å². The van der Waals surface area contributed by atoms with Gasteiger partial charge in [-0.3, -0.25) is 0 Å². The molecule has 1 aliphatic carbocycles. The highest BCUT2D eigenvalue weighted by Gasteiger charge is 2.20. The molecule has 184 valence electrons. The van der Waals surface area contributed by atoms with Gasteiger partial charge in [0, 0.05) is 10.6 Å². The third kappa shape index (κ3) is 9.84. The van der Waals surface area contributed by atoms with Gasteiger partial charge < -0.3 is 0 Å². The molecule has 1 saturated carbocycles. The summed E-state index contributed by atoms with van der Waals surface area (Å²) >= 11 is 5.80. The lowest BCUT2D eigenvalue weighted by Gasteiger charge is -2.28. The quantitative estimate of drug-likeness (QED) is 0.209. The molecule has 0 radical (unpaired) electrons. The van der Waals surface area contributed by atoms with E-state index in [4.69, 9.17) is 11.6 Å². The fourth-order valence-electron chi connectivity index (χ4n) is 5.23. The van der Waals surface area contributed by atoms with Crippen LogP contribution in [0.25, 0.3) is 0 Å². The summed E-state index contributed by atoms with van der Waals surface area (Å²) in [4.78, 5) is 0. The van der Waals surface area contributed by atoms with Gasteiger partial charge in [-0.2, -0.15) is 0 Å². The summed E-state index contributed by atoms with van der Waals surface area (Å²) in [6.45, 7) is 2.29. The van der Waals surface area contributed by atoms with Crippen LogP contribution in [0.15, 0.2) is 42.5 Å². The first-order valence-corrected chi connectivity index (χ1v) is 14.1. The number of hydrogen-bond donors (Lipinski definition) is 0. The summed E-state index contributed by atoms with van der Waals surface area (Å²) in [7, 11) is 0. The van der Waals surface area contributed by atoms with Gasteiger partial charge in [-0.15, -0.1) is 0 Å². The van der Waals surface area contributed by atoms with Crippen molar-refractivity contribution in [3.05, 3.63) is 70.0 Å². The minimum absolute atomic E-state index is 0.371. The topological polar surface area (TPSA) is 0 Å². The minimum Gasteiger partial charge on any atom is -0.206 e. The standard InChI is InChI=1S/C32H42ClF/c1-2-3-4-5-6-7-8-9-10-26-11-13-27(14-12-26)15-16-28-17-19-29(20-18-28)21-22-30-23-24-31(33)25-32(30)34/h17-20,23-27H,2-16H2,1H3. The molecular weight excluding hydrogens is 439 g/mol. The highest BCUT2D eigenvalue weighted by Crippen LogP contribution is 2.34. The molecule has 0 amide bonds. The van der Waals surface area contributed by atoms with E-state index in [1.165, 1.54) is 102 Å². The lowest BCUT2D eigenvalue weighted by molar-refractivity contribution is 0.248. The summed E-state index contributed by atoms with van der Waals surface area (Å²) in [6.07, 6.45) is 21.0. The van der Waals surface area contributed by atoms with Gasteiger partial charge >= 0.3 is 0 Å². The van der Waals surface area contributed by atoms with Crippen LogP contribution in [0.1, 0.15) is 114 Å². The molecule has 2 heteroatoms. The normalized spacial score (nSPS) is 17.9. The molecule has 0 atom stereocenters. The van der Waals surface area contributed by atoms with Gasteiger partial charge in [0.05, 0.1) is 5.56 Å². The monoisotopic (exact) mass is 480 g/mol. The Morgan fingerprint density at radius 2 is 1.38 bits per heavy atom. The fraction of sp³-hybridized carbons (Fsp3) is 0.562. The number of unbranched alkanes of at least 4 members (excludes halogenated alkanes) is 7. The van der Waals surface area contributed by atoms with Gasteiger partial charge in [0.25, 0.3) is 0 Å². The smallest absolute Gasteiger partial charge is 0.140 e. The Labute approximate surface area is 212 Å². The third-order valence-corrected chi connectivity index (χ3v) is 7.74. The van der Waals surface area contributed by atoms with E-state index < -0.39 is 0 Å². The molecule has 0 N–H and O–H groups in total. The molecule has 0 aromatic heterocycles. The van der Waals surface area contributed by atoms with E-state index in [9.17, 15) is 4.39 Å². The first-order chi connectivity index (χ1) is 16.6. The van der Waals surface area contributed by atoms with E-state index in [-0.39, 0.29) is 5.82 Å². The Bertz CT molecular complexity index is 897. The largest absolute Gasteiger partial charge is 0.206 e. The predicted octanol–water partition coefficient (Wildman–Crippen LogP) is 10.1. The zero-order valence-corrected chi connectivity index (χ0v) is 21.8. The van der Waals surface area contributed by atoms with Gasteiger partial charge in [-0.05, 0) is 60.6 Å². The van der Waals surface area contributed by atoms with Gasteiger partial charge in [0.2, 0.25) is 0 Å². The number of halogens is 2. The number of rotatable bonds is 12. The fourth-order valence-corrected chi connectivity index (χ4v) is 5.39. The van der Waals surface area contributed by atoms with Gasteiger partial charge in [0.15, 0.2) is 0 Å². The summed E-state index contributed by atoms with van der Waals surface area (Å²) in [5.74, 6) is 7.48. The number of hydrogen-bond acceptors (Lipinski definition) is 0. The SMILES string of the molecule is CCCCCCCCCCC1CCC(CCc2ccc(C#Cc3ccc(Cl)cc3F)cc2)CC1. The maximum absolute atomic E-state index is 13.9. The van der Waals surface area contributed by atoms with Crippen molar-refractivity contribution in [3.8, 4) is 11.8 Å². The van der Waals surface area contributed by atoms with E-state index in [1.807, 2.05) is 0 Å². The molecule has 0 heterocycles. The summed E-state index contributed by atoms with van der Waals surface area (Å²) in [5, 5.41) is 0.393. The van der Waals surface area contributed by atoms with Crippen molar-refractivity contribution in [2.75, 3.05) is 0 Å². The van der Waals surface area contributed by atoms with Crippen molar-refractivity contribution in [2.45, 2.75) is 103 Å². The molecule has 0 spiro atoms. The van der Waals surface area contributed by atoms with Crippen LogP contribution in [-0.4, -0.2) is 0 Å². The van der Waals surface area contributed by atoms with Crippen molar-refractivity contribution in [2.24, 2.45) is 11.8 Å². The third-order valence-electron chi connectivity index (χ3n) is 7.50. The Balaban J connectivity index is 1.30. The Hall–Kier alpha value is -1.78. The van der Waals surface area contributed by atoms with E-state index in [0.29, 0.717) is 10.6 Å². The zero-order chi connectivity index (χ0) is 24.0. The van der Waals surface area contributed by atoms with Crippen LogP contribution < -0.4 is 0 Å². The van der Waals surface area contributed by atoms with Crippen LogP contribution >= 0.6 is 11.6 Å². The first kappa shape index (κ1) is 26.8. The van der Waals surface area contributed by atoms with E-state index in [0.717, 1.165) is 23.8 Å². The van der Waals surface area contributed by atoms with Crippen LogP contribution in [0.4, 0.5) is 4.39 Å². The van der Waals surface area contributed by atoms with Crippen molar-refractivity contribution in [1.82, 2.24) is 0 Å². The van der Waals surface area contributed by atoms with E-state index in [1.54, 1.807) is 12.1 Å².